The van der Waals surface area contributed by atoms with Crippen molar-refractivity contribution < 1.29 is 14.7 Å². The standard InChI is InChI=1S/C14H15N3O3/c15-11(4-6-13(18)19)14(20)17-10-3-5-12-9(8-10)2-1-7-16-12/h1-3,5,7-8,11H,4,6,15H2,(H,17,20)(H,18,19). The highest BCUT2D eigenvalue weighted by Crippen LogP contribution is 2.17. The second-order valence-electron chi connectivity index (χ2n) is 4.44. The third kappa shape index (κ3) is 3.52. The summed E-state index contributed by atoms with van der Waals surface area (Å²) in [6.45, 7) is 0. The molecule has 0 radical (unpaired) electrons. The Balaban J connectivity index is 2.03. The molecule has 0 saturated carbocycles. The summed E-state index contributed by atoms with van der Waals surface area (Å²) in [7, 11) is 0. The average molecular weight is 273 g/mol. The third-order valence-electron chi connectivity index (χ3n) is 2.88. The van der Waals surface area contributed by atoms with E-state index in [0.717, 1.165) is 10.9 Å². The predicted molar refractivity (Wildman–Crippen MR) is 75.2 cm³/mol. The van der Waals surface area contributed by atoms with Gasteiger partial charge in [0.15, 0.2) is 0 Å². The van der Waals surface area contributed by atoms with Gasteiger partial charge in [0.1, 0.15) is 0 Å². The molecule has 0 aliphatic carbocycles. The molecule has 1 atom stereocenters. The van der Waals surface area contributed by atoms with Gasteiger partial charge in [0, 0.05) is 23.7 Å². The Morgan fingerprint density at radius 1 is 1.35 bits per heavy atom. The zero-order chi connectivity index (χ0) is 14.5. The first kappa shape index (κ1) is 14.0. The number of carboxylic acid groups (broad SMARTS) is 1. The molecule has 1 aromatic heterocycles. The van der Waals surface area contributed by atoms with E-state index in [-0.39, 0.29) is 12.8 Å². The number of aromatic nitrogens is 1. The van der Waals surface area contributed by atoms with E-state index in [0.29, 0.717) is 5.69 Å². The van der Waals surface area contributed by atoms with E-state index in [1.807, 2.05) is 12.1 Å². The first-order valence-corrected chi connectivity index (χ1v) is 6.19. The second-order valence-corrected chi connectivity index (χ2v) is 4.44. The number of nitrogens with two attached hydrogens (primary N) is 1. The van der Waals surface area contributed by atoms with E-state index in [9.17, 15) is 9.59 Å². The van der Waals surface area contributed by atoms with Crippen molar-refractivity contribution in [3.05, 3.63) is 36.5 Å². The summed E-state index contributed by atoms with van der Waals surface area (Å²) in [5.41, 5.74) is 7.08. The first-order chi connectivity index (χ1) is 9.56. The van der Waals surface area contributed by atoms with Gasteiger partial charge in [0.2, 0.25) is 5.91 Å². The Morgan fingerprint density at radius 2 is 2.15 bits per heavy atom. The summed E-state index contributed by atoms with van der Waals surface area (Å²) in [6.07, 6.45) is 1.68. The topological polar surface area (TPSA) is 105 Å². The van der Waals surface area contributed by atoms with E-state index in [1.54, 1.807) is 24.4 Å². The van der Waals surface area contributed by atoms with Gasteiger partial charge < -0.3 is 16.2 Å². The molecule has 0 spiro atoms. The Bertz CT molecular complexity index is 642. The van der Waals surface area contributed by atoms with Gasteiger partial charge in [-0.25, -0.2) is 0 Å². The number of benzene rings is 1. The molecule has 0 saturated heterocycles. The lowest BCUT2D eigenvalue weighted by Crippen LogP contribution is -2.36. The van der Waals surface area contributed by atoms with Crippen molar-refractivity contribution >= 4 is 28.5 Å². The van der Waals surface area contributed by atoms with Crippen molar-refractivity contribution in [2.45, 2.75) is 18.9 Å². The van der Waals surface area contributed by atoms with Crippen LogP contribution in [0.1, 0.15) is 12.8 Å². The molecule has 1 amide bonds. The monoisotopic (exact) mass is 273 g/mol. The number of carboxylic acids is 1. The molecule has 2 aromatic rings. The van der Waals surface area contributed by atoms with Crippen LogP contribution in [0.3, 0.4) is 0 Å². The number of carbonyl (C=O) groups excluding carboxylic acids is 1. The highest BCUT2D eigenvalue weighted by atomic mass is 16.4. The van der Waals surface area contributed by atoms with Crippen molar-refractivity contribution in [1.29, 1.82) is 0 Å². The Kier molecular flexibility index (Phi) is 4.27. The first-order valence-electron chi connectivity index (χ1n) is 6.19. The molecule has 4 N–H and O–H groups in total. The van der Waals surface area contributed by atoms with Crippen molar-refractivity contribution in [2.75, 3.05) is 5.32 Å². The molecule has 0 bridgehead atoms. The van der Waals surface area contributed by atoms with E-state index in [4.69, 9.17) is 10.8 Å². The van der Waals surface area contributed by atoms with Crippen molar-refractivity contribution in [3.8, 4) is 0 Å². The minimum Gasteiger partial charge on any atom is -0.481 e. The highest BCUT2D eigenvalue weighted by molar-refractivity contribution is 5.96. The number of amides is 1. The number of fused-ring (bicyclic) bond motifs is 1. The lowest BCUT2D eigenvalue weighted by molar-refractivity contribution is -0.137. The third-order valence-corrected chi connectivity index (χ3v) is 2.88. The summed E-state index contributed by atoms with van der Waals surface area (Å²) >= 11 is 0. The quantitative estimate of drug-likeness (QED) is 0.763. The van der Waals surface area contributed by atoms with Crippen LogP contribution in [0.15, 0.2) is 36.5 Å². The fourth-order valence-corrected chi connectivity index (χ4v) is 1.80. The van der Waals surface area contributed by atoms with Gasteiger partial charge in [-0.05, 0) is 30.7 Å². The van der Waals surface area contributed by atoms with E-state index >= 15 is 0 Å². The van der Waals surface area contributed by atoms with Gasteiger partial charge in [-0.15, -0.1) is 0 Å². The lowest BCUT2D eigenvalue weighted by Gasteiger charge is -2.11. The van der Waals surface area contributed by atoms with Crippen LogP contribution in [0.25, 0.3) is 10.9 Å². The van der Waals surface area contributed by atoms with E-state index in [1.165, 1.54) is 0 Å². The number of rotatable bonds is 5. The minimum atomic E-state index is -0.968. The van der Waals surface area contributed by atoms with Crippen LogP contribution in [0.2, 0.25) is 0 Å². The molecule has 0 fully saturated rings. The van der Waals surface area contributed by atoms with Gasteiger partial charge >= 0.3 is 5.97 Å². The molecule has 1 heterocycles. The Hall–Kier alpha value is -2.47. The molecule has 6 nitrogen and oxygen atoms in total. The largest absolute Gasteiger partial charge is 0.481 e. The number of hydrogen-bond acceptors (Lipinski definition) is 4. The number of anilines is 1. The highest BCUT2D eigenvalue weighted by Gasteiger charge is 2.15. The minimum absolute atomic E-state index is 0.107. The molecular formula is C14H15N3O3. The molecular weight excluding hydrogens is 258 g/mol. The summed E-state index contributed by atoms with van der Waals surface area (Å²) in [5, 5.41) is 12.1. The maximum Gasteiger partial charge on any atom is 0.303 e. The average Bonchev–Trinajstić information content (AvgIpc) is 2.44. The smallest absolute Gasteiger partial charge is 0.303 e. The van der Waals surface area contributed by atoms with E-state index in [2.05, 4.69) is 10.3 Å². The van der Waals surface area contributed by atoms with E-state index < -0.39 is 17.9 Å². The Morgan fingerprint density at radius 3 is 2.90 bits per heavy atom. The number of nitrogens with one attached hydrogen (secondary N) is 1. The zero-order valence-corrected chi connectivity index (χ0v) is 10.7. The van der Waals surface area contributed by atoms with Gasteiger partial charge in [-0.3, -0.25) is 14.6 Å². The van der Waals surface area contributed by atoms with Crippen molar-refractivity contribution in [1.82, 2.24) is 4.98 Å². The fourth-order valence-electron chi connectivity index (χ4n) is 1.80. The van der Waals surface area contributed by atoms with Crippen LogP contribution in [0, 0.1) is 0 Å². The summed E-state index contributed by atoms with van der Waals surface area (Å²) < 4.78 is 0. The number of nitrogens with zero attached hydrogens (tertiary/aromatic N) is 1. The summed E-state index contributed by atoms with van der Waals surface area (Å²) in [5.74, 6) is -1.36. The number of aliphatic carboxylic acids is 1. The van der Waals surface area contributed by atoms with Crippen LogP contribution < -0.4 is 11.1 Å². The molecule has 1 aromatic carbocycles. The van der Waals surface area contributed by atoms with Gasteiger partial charge in [0.05, 0.1) is 11.6 Å². The molecule has 1 unspecified atom stereocenters. The number of hydrogen-bond donors (Lipinski definition) is 3. The zero-order valence-electron chi connectivity index (χ0n) is 10.7. The van der Waals surface area contributed by atoms with Crippen LogP contribution in [0.5, 0.6) is 0 Å². The maximum absolute atomic E-state index is 11.8. The van der Waals surface area contributed by atoms with Crippen molar-refractivity contribution in [2.24, 2.45) is 5.73 Å². The van der Waals surface area contributed by atoms with Gasteiger partial charge in [0.25, 0.3) is 0 Å². The fraction of sp³-hybridized carbons (Fsp3) is 0.214. The number of pyridine rings is 1. The Labute approximate surface area is 115 Å². The maximum atomic E-state index is 11.8. The summed E-state index contributed by atoms with van der Waals surface area (Å²) in [4.78, 5) is 26.4. The van der Waals surface area contributed by atoms with Crippen LogP contribution in [0.4, 0.5) is 5.69 Å². The molecule has 0 aliphatic rings. The lowest BCUT2D eigenvalue weighted by atomic mass is 10.1. The molecule has 2 rings (SSSR count). The molecule has 6 heteroatoms. The number of carbonyl (C=O) groups is 2. The van der Waals surface area contributed by atoms with Crippen molar-refractivity contribution in [3.63, 3.8) is 0 Å². The predicted octanol–water partition coefficient (Wildman–Crippen LogP) is 1.37. The van der Waals surface area contributed by atoms with Gasteiger partial charge in [-0.2, -0.15) is 0 Å². The van der Waals surface area contributed by atoms with Crippen LogP contribution in [-0.2, 0) is 9.59 Å². The summed E-state index contributed by atoms with van der Waals surface area (Å²) in [6, 6.07) is 8.19. The molecule has 20 heavy (non-hydrogen) atoms. The second kappa shape index (κ2) is 6.12. The molecule has 104 valence electrons. The van der Waals surface area contributed by atoms with Crippen LogP contribution >= 0.6 is 0 Å². The van der Waals surface area contributed by atoms with Gasteiger partial charge in [-0.1, -0.05) is 6.07 Å². The van der Waals surface area contributed by atoms with Crippen LogP contribution in [-0.4, -0.2) is 28.0 Å². The normalized spacial score (nSPS) is 12.1. The molecule has 0 aliphatic heterocycles. The SMILES string of the molecule is NC(CCC(=O)O)C(=O)Nc1ccc2ncccc2c1.